The number of carbonyl (C=O) groups excluding carboxylic acids is 3. The highest BCUT2D eigenvalue weighted by atomic mass is 32.2. The van der Waals surface area contributed by atoms with E-state index in [0.29, 0.717) is 0 Å². The molecule has 1 fully saturated rings. The first-order chi connectivity index (χ1) is 15.9. The Kier molecular flexibility index (Phi) is 8.83. The molecule has 1 saturated heterocycles. The summed E-state index contributed by atoms with van der Waals surface area (Å²) in [4.78, 5) is 35.7. The first-order valence-electron chi connectivity index (χ1n) is 10.2. The van der Waals surface area contributed by atoms with Gasteiger partial charge in [-0.05, 0) is 23.3 Å². The lowest BCUT2D eigenvalue weighted by Gasteiger charge is -2.19. The van der Waals surface area contributed by atoms with Crippen LogP contribution in [0.5, 0.6) is 0 Å². The van der Waals surface area contributed by atoms with Crippen LogP contribution in [0.25, 0.3) is 12.2 Å². The predicted molar refractivity (Wildman–Crippen MR) is 124 cm³/mol. The van der Waals surface area contributed by atoms with E-state index in [1.54, 1.807) is 24.3 Å². The number of esters is 3. The smallest absolute Gasteiger partial charge is 0.331 e. The number of ether oxygens (including phenoxy) is 3. The van der Waals surface area contributed by atoms with E-state index in [0.717, 1.165) is 22.9 Å². The maximum atomic E-state index is 14.9. The highest BCUT2D eigenvalue weighted by molar-refractivity contribution is 8.00. The molecular weight excluding hydrogens is 447 g/mol. The fourth-order valence-corrected chi connectivity index (χ4v) is 4.41. The molecule has 1 aliphatic heterocycles. The molecule has 0 spiro atoms. The van der Waals surface area contributed by atoms with Crippen molar-refractivity contribution < 1.29 is 33.0 Å². The Labute approximate surface area is 195 Å². The largest absolute Gasteiger partial charge is 0.461 e. The third-order valence-electron chi connectivity index (χ3n) is 4.60. The van der Waals surface area contributed by atoms with Gasteiger partial charge in [-0.15, -0.1) is 11.8 Å². The summed E-state index contributed by atoms with van der Waals surface area (Å²) in [6.07, 6.45) is 2.57. The maximum absolute atomic E-state index is 14.9. The number of halogens is 1. The first-order valence-corrected chi connectivity index (χ1v) is 11.2. The van der Waals surface area contributed by atoms with Gasteiger partial charge in [0, 0.05) is 19.1 Å². The summed E-state index contributed by atoms with van der Waals surface area (Å²) in [5, 5.41) is -0.743. The van der Waals surface area contributed by atoms with Gasteiger partial charge in [-0.3, -0.25) is 4.79 Å². The molecule has 8 heteroatoms. The third-order valence-corrected chi connectivity index (χ3v) is 5.97. The topological polar surface area (TPSA) is 78.9 Å². The summed E-state index contributed by atoms with van der Waals surface area (Å²) in [7, 11) is 0. The van der Waals surface area contributed by atoms with Crippen LogP contribution >= 0.6 is 11.8 Å². The van der Waals surface area contributed by atoms with Crippen LogP contribution in [0.15, 0.2) is 72.8 Å². The minimum atomic E-state index is -1.77. The Morgan fingerprint density at radius 3 is 1.97 bits per heavy atom. The third kappa shape index (κ3) is 7.61. The summed E-state index contributed by atoms with van der Waals surface area (Å²) < 4.78 is 30.5. The SMILES string of the molecule is CC(=O)O[C@@H]1S[C@H](COC(=O)/C=C/c2ccccc2)[C@@H](OC(=O)/C=C/c2ccccc2)[C@@H]1F. The molecule has 0 unspecified atom stereocenters. The summed E-state index contributed by atoms with van der Waals surface area (Å²) >= 11 is 0.947. The van der Waals surface area contributed by atoms with E-state index in [-0.39, 0.29) is 6.61 Å². The minimum Gasteiger partial charge on any atom is -0.461 e. The maximum Gasteiger partial charge on any atom is 0.331 e. The van der Waals surface area contributed by atoms with E-state index in [9.17, 15) is 18.8 Å². The number of carbonyl (C=O) groups is 3. The van der Waals surface area contributed by atoms with Gasteiger partial charge >= 0.3 is 17.9 Å². The van der Waals surface area contributed by atoms with E-state index in [4.69, 9.17) is 14.2 Å². The Balaban J connectivity index is 1.62. The molecule has 2 aromatic rings. The number of alkyl halides is 1. The predicted octanol–water partition coefficient (Wildman–Crippen LogP) is 4.21. The van der Waals surface area contributed by atoms with Crippen molar-refractivity contribution in [2.45, 2.75) is 29.9 Å². The average Bonchev–Trinajstić information content (AvgIpc) is 3.10. The molecule has 0 aromatic heterocycles. The van der Waals surface area contributed by atoms with Crippen molar-refractivity contribution in [3.8, 4) is 0 Å². The van der Waals surface area contributed by atoms with E-state index in [1.165, 1.54) is 19.1 Å². The number of hydrogen-bond donors (Lipinski definition) is 0. The highest BCUT2D eigenvalue weighted by Crippen LogP contribution is 2.39. The zero-order valence-electron chi connectivity index (χ0n) is 17.8. The Morgan fingerprint density at radius 1 is 0.879 bits per heavy atom. The molecule has 33 heavy (non-hydrogen) atoms. The van der Waals surface area contributed by atoms with Gasteiger partial charge in [0.25, 0.3) is 0 Å². The van der Waals surface area contributed by atoms with Gasteiger partial charge < -0.3 is 14.2 Å². The van der Waals surface area contributed by atoms with Crippen LogP contribution in [0.2, 0.25) is 0 Å². The summed E-state index contributed by atoms with van der Waals surface area (Å²) in [6.45, 7) is 0.944. The molecule has 2 aromatic carbocycles. The zero-order valence-corrected chi connectivity index (χ0v) is 18.7. The second-order valence-corrected chi connectivity index (χ2v) is 8.46. The van der Waals surface area contributed by atoms with Crippen LogP contribution in [0.3, 0.4) is 0 Å². The normalized spacial score (nSPS) is 22.4. The second kappa shape index (κ2) is 12.0. The minimum absolute atomic E-state index is 0.221. The molecule has 0 radical (unpaired) electrons. The van der Waals surface area contributed by atoms with Crippen LogP contribution in [0.4, 0.5) is 4.39 Å². The van der Waals surface area contributed by atoms with Crippen LogP contribution < -0.4 is 0 Å². The fraction of sp³-hybridized carbons (Fsp3) is 0.240. The van der Waals surface area contributed by atoms with E-state index >= 15 is 0 Å². The molecule has 0 amide bonds. The van der Waals surface area contributed by atoms with Crippen molar-refractivity contribution in [1.82, 2.24) is 0 Å². The van der Waals surface area contributed by atoms with Crippen molar-refractivity contribution in [2.75, 3.05) is 6.61 Å². The van der Waals surface area contributed by atoms with Crippen LogP contribution in [-0.4, -0.2) is 47.5 Å². The lowest BCUT2D eigenvalue weighted by atomic mass is 10.1. The van der Waals surface area contributed by atoms with Crippen molar-refractivity contribution in [2.24, 2.45) is 0 Å². The van der Waals surface area contributed by atoms with Crippen LogP contribution in [0.1, 0.15) is 18.1 Å². The van der Waals surface area contributed by atoms with E-state index < -0.39 is 40.9 Å². The Hall–Kier alpha value is -3.39. The molecule has 1 aliphatic rings. The molecule has 4 atom stereocenters. The van der Waals surface area contributed by atoms with E-state index in [2.05, 4.69) is 0 Å². The molecular formula is C25H23FO6S. The van der Waals surface area contributed by atoms with Gasteiger partial charge in [-0.2, -0.15) is 0 Å². The van der Waals surface area contributed by atoms with E-state index in [1.807, 2.05) is 48.5 Å². The van der Waals surface area contributed by atoms with Crippen molar-refractivity contribution in [1.29, 1.82) is 0 Å². The monoisotopic (exact) mass is 470 g/mol. The van der Waals surface area contributed by atoms with Gasteiger partial charge in [0.1, 0.15) is 6.61 Å². The lowest BCUT2D eigenvalue weighted by Crippen LogP contribution is -2.37. The van der Waals surface area contributed by atoms with Gasteiger partial charge in [0.15, 0.2) is 17.7 Å². The quantitative estimate of drug-likeness (QED) is 0.325. The molecule has 0 N–H and O–H groups in total. The van der Waals surface area contributed by atoms with Crippen LogP contribution in [-0.2, 0) is 28.6 Å². The molecule has 6 nitrogen and oxygen atoms in total. The molecule has 3 rings (SSSR count). The summed E-state index contributed by atoms with van der Waals surface area (Å²) in [6, 6.07) is 18.3. The molecule has 1 heterocycles. The van der Waals surface area contributed by atoms with Crippen molar-refractivity contribution in [3.05, 3.63) is 83.9 Å². The first kappa shape index (κ1) is 24.3. The molecule has 172 valence electrons. The summed E-state index contributed by atoms with van der Waals surface area (Å²) in [5.41, 5.74) is 0.433. The number of rotatable bonds is 8. The fourth-order valence-electron chi connectivity index (χ4n) is 3.06. The van der Waals surface area contributed by atoms with Crippen molar-refractivity contribution >= 4 is 41.8 Å². The van der Waals surface area contributed by atoms with Gasteiger partial charge in [-0.1, -0.05) is 60.7 Å². The van der Waals surface area contributed by atoms with Gasteiger partial charge in [0.2, 0.25) is 0 Å². The number of hydrogen-bond acceptors (Lipinski definition) is 7. The standard InChI is InChI=1S/C25H23FO6S/c1-17(27)31-25-23(26)24(32-22(29)15-13-19-10-6-3-7-11-19)20(33-25)16-30-21(28)14-12-18-8-4-2-5-9-18/h2-15,20,23-25H,16H2,1H3/b14-12+,15-13+/t20-,23+,24-,25-/m1/s1. The Bertz CT molecular complexity index is 1010. The molecule has 0 aliphatic carbocycles. The summed E-state index contributed by atoms with van der Waals surface area (Å²) in [5.74, 6) is -2.04. The second-order valence-electron chi connectivity index (χ2n) is 7.12. The van der Waals surface area contributed by atoms with Gasteiger partial charge in [-0.25, -0.2) is 14.0 Å². The molecule has 0 bridgehead atoms. The number of benzene rings is 2. The molecule has 0 saturated carbocycles. The van der Waals surface area contributed by atoms with Gasteiger partial charge in [0.05, 0.1) is 5.25 Å². The highest BCUT2D eigenvalue weighted by Gasteiger charge is 2.49. The average molecular weight is 471 g/mol. The zero-order chi connectivity index (χ0) is 23.6. The lowest BCUT2D eigenvalue weighted by molar-refractivity contribution is -0.152. The Morgan fingerprint density at radius 2 is 1.42 bits per heavy atom. The van der Waals surface area contributed by atoms with Crippen molar-refractivity contribution in [3.63, 3.8) is 0 Å². The van der Waals surface area contributed by atoms with Crippen LogP contribution in [0, 0.1) is 0 Å². The number of thioether (sulfide) groups is 1.